The number of halogens is 2. The van der Waals surface area contributed by atoms with Crippen LogP contribution in [-0.2, 0) is 22.6 Å². The minimum atomic E-state index is -1.82. The van der Waals surface area contributed by atoms with Gasteiger partial charge in [0, 0.05) is 31.7 Å². The maximum absolute atomic E-state index is 13.4. The molecule has 1 aliphatic rings. The fourth-order valence-corrected chi connectivity index (χ4v) is 5.08. The van der Waals surface area contributed by atoms with Crippen molar-refractivity contribution in [2.45, 2.75) is 32.7 Å². The van der Waals surface area contributed by atoms with Gasteiger partial charge in [-0.1, -0.05) is 35.9 Å². The highest BCUT2D eigenvalue weighted by atomic mass is 35.5. The number of imidazole rings is 1. The number of rotatable bonds is 8. The van der Waals surface area contributed by atoms with Gasteiger partial charge in [0.05, 0.1) is 11.0 Å². The standard InChI is InChI=1S/C27H30ClFN6.C2H2O4/c1-19-16-25(28)33-27(31-19)30-12-15-34-13-10-20(11-14-34)17-26-32-23-4-2-3-5-24(23)35(26)18-21-6-8-22(29)9-7-21;3-1(4)2(5)6/h2-9,16,20H,10-15,17-18H2,1H3,(H,30,31,33);(H,3,4)(H,5,6). The normalized spacial score (nSPS) is 13.9. The van der Waals surface area contributed by atoms with Gasteiger partial charge in [-0.3, -0.25) is 0 Å². The van der Waals surface area contributed by atoms with E-state index in [1.807, 2.05) is 25.1 Å². The number of likely N-dealkylation sites (tertiary alicyclic amines) is 1. The van der Waals surface area contributed by atoms with Crippen molar-refractivity contribution >= 4 is 40.5 Å². The van der Waals surface area contributed by atoms with Gasteiger partial charge in [0.1, 0.15) is 16.8 Å². The maximum atomic E-state index is 13.4. The van der Waals surface area contributed by atoms with Gasteiger partial charge >= 0.3 is 11.9 Å². The number of hydrogen-bond donors (Lipinski definition) is 3. The highest BCUT2D eigenvalue weighted by Gasteiger charge is 2.22. The van der Waals surface area contributed by atoms with Crippen molar-refractivity contribution in [3.8, 4) is 0 Å². The van der Waals surface area contributed by atoms with Crippen molar-refractivity contribution < 1.29 is 24.2 Å². The van der Waals surface area contributed by atoms with Crippen LogP contribution < -0.4 is 5.32 Å². The molecule has 216 valence electrons. The Morgan fingerprint density at radius 3 is 2.37 bits per heavy atom. The second kappa shape index (κ2) is 14.0. The molecular weight excluding hydrogens is 551 g/mol. The first-order valence-corrected chi connectivity index (χ1v) is 13.7. The number of aliphatic carboxylic acids is 2. The largest absolute Gasteiger partial charge is 0.473 e. The molecule has 3 N–H and O–H groups in total. The van der Waals surface area contributed by atoms with Crippen molar-refractivity contribution in [3.63, 3.8) is 0 Å². The number of carboxylic acid groups (broad SMARTS) is 2. The molecule has 0 radical (unpaired) electrons. The number of aryl methyl sites for hydroxylation is 1. The first-order chi connectivity index (χ1) is 19.7. The Hall–Kier alpha value is -4.09. The number of piperidine rings is 1. The van der Waals surface area contributed by atoms with Crippen molar-refractivity contribution in [3.05, 3.63) is 82.6 Å². The second-order valence-electron chi connectivity index (χ2n) is 9.91. The zero-order valence-corrected chi connectivity index (χ0v) is 23.4. The Labute approximate surface area is 241 Å². The maximum Gasteiger partial charge on any atom is 0.414 e. The molecule has 0 atom stereocenters. The number of carboxylic acids is 2. The summed E-state index contributed by atoms with van der Waals surface area (Å²) >= 11 is 6.03. The molecule has 0 amide bonds. The third-order valence-electron chi connectivity index (χ3n) is 6.88. The van der Waals surface area contributed by atoms with Crippen LogP contribution in [0.15, 0.2) is 54.6 Å². The average molecular weight is 583 g/mol. The zero-order chi connectivity index (χ0) is 29.4. The van der Waals surface area contributed by atoms with Gasteiger partial charge in [0.15, 0.2) is 0 Å². The van der Waals surface area contributed by atoms with Gasteiger partial charge in [-0.25, -0.2) is 28.9 Å². The van der Waals surface area contributed by atoms with E-state index in [9.17, 15) is 4.39 Å². The lowest BCUT2D eigenvalue weighted by Gasteiger charge is -2.32. The van der Waals surface area contributed by atoms with Gasteiger partial charge in [0.2, 0.25) is 5.95 Å². The van der Waals surface area contributed by atoms with Gasteiger partial charge in [-0.15, -0.1) is 0 Å². The molecule has 5 rings (SSSR count). The highest BCUT2D eigenvalue weighted by molar-refractivity contribution is 6.29. The first kappa shape index (κ1) is 29.9. The van der Waals surface area contributed by atoms with Gasteiger partial charge in [-0.2, -0.15) is 0 Å². The summed E-state index contributed by atoms with van der Waals surface area (Å²) in [6, 6.07) is 16.8. The van der Waals surface area contributed by atoms with Crippen molar-refractivity contribution in [1.29, 1.82) is 0 Å². The fraction of sp³-hybridized carbons (Fsp3) is 0.345. The van der Waals surface area contributed by atoms with Crippen LogP contribution >= 0.6 is 11.6 Å². The van der Waals surface area contributed by atoms with Crippen LogP contribution in [0.4, 0.5) is 10.3 Å². The number of benzene rings is 2. The van der Waals surface area contributed by atoms with Gasteiger partial charge in [0.25, 0.3) is 0 Å². The molecular formula is C29H32ClFN6O4. The Bertz CT molecular complexity index is 1460. The number of fused-ring (bicyclic) bond motifs is 1. The van der Waals surface area contributed by atoms with Crippen LogP contribution in [0, 0.1) is 18.7 Å². The molecule has 0 aliphatic carbocycles. The van der Waals surface area contributed by atoms with Gasteiger partial charge < -0.3 is 25.0 Å². The molecule has 4 aromatic rings. The zero-order valence-electron chi connectivity index (χ0n) is 22.6. The molecule has 1 saturated heterocycles. The summed E-state index contributed by atoms with van der Waals surface area (Å²) in [4.78, 5) is 34.3. The van der Waals surface area contributed by atoms with Crippen LogP contribution in [0.2, 0.25) is 5.15 Å². The first-order valence-electron chi connectivity index (χ1n) is 13.3. The summed E-state index contributed by atoms with van der Waals surface area (Å²) in [5.74, 6) is -1.55. The molecule has 2 aromatic heterocycles. The number of para-hydroxylation sites is 2. The topological polar surface area (TPSA) is 133 Å². The molecule has 0 unspecified atom stereocenters. The predicted molar refractivity (Wildman–Crippen MR) is 154 cm³/mol. The SMILES string of the molecule is Cc1cc(Cl)nc(NCCN2CCC(Cc3nc4ccccc4n3Cc3ccc(F)cc3)CC2)n1.O=C(O)C(=O)O. The Kier molecular flexibility index (Phi) is 10.2. The van der Waals surface area contributed by atoms with E-state index < -0.39 is 11.9 Å². The highest BCUT2D eigenvalue weighted by Crippen LogP contribution is 2.25. The molecule has 3 heterocycles. The molecule has 12 heteroatoms. The minimum Gasteiger partial charge on any atom is -0.473 e. The van der Waals surface area contributed by atoms with E-state index in [0.29, 0.717) is 23.6 Å². The molecule has 1 aliphatic heterocycles. The molecule has 0 saturated carbocycles. The number of aromatic nitrogens is 4. The number of nitrogens with zero attached hydrogens (tertiary/aromatic N) is 5. The summed E-state index contributed by atoms with van der Waals surface area (Å²) < 4.78 is 15.7. The molecule has 10 nitrogen and oxygen atoms in total. The van der Waals surface area contributed by atoms with E-state index in [2.05, 4.69) is 43.0 Å². The average Bonchev–Trinajstić information content (AvgIpc) is 3.27. The molecule has 41 heavy (non-hydrogen) atoms. The van der Waals surface area contributed by atoms with Crippen LogP contribution in [0.3, 0.4) is 0 Å². The third-order valence-corrected chi connectivity index (χ3v) is 7.08. The quantitative estimate of drug-likeness (QED) is 0.203. The fourth-order valence-electron chi connectivity index (χ4n) is 4.84. The molecule has 0 spiro atoms. The predicted octanol–water partition coefficient (Wildman–Crippen LogP) is 4.50. The van der Waals surface area contributed by atoms with Crippen molar-refractivity contribution in [2.75, 3.05) is 31.5 Å². The molecule has 1 fully saturated rings. The second-order valence-corrected chi connectivity index (χ2v) is 10.3. The van der Waals surface area contributed by atoms with Crippen LogP contribution in [0.25, 0.3) is 11.0 Å². The Morgan fingerprint density at radius 1 is 1.02 bits per heavy atom. The van der Waals surface area contributed by atoms with Crippen LogP contribution in [-0.4, -0.2) is 72.7 Å². The lowest BCUT2D eigenvalue weighted by molar-refractivity contribution is -0.159. The van der Waals surface area contributed by atoms with Crippen LogP contribution in [0.5, 0.6) is 0 Å². The smallest absolute Gasteiger partial charge is 0.414 e. The van der Waals surface area contributed by atoms with E-state index in [1.54, 1.807) is 6.07 Å². The van der Waals surface area contributed by atoms with Gasteiger partial charge in [-0.05, 0) is 74.7 Å². The third kappa shape index (κ3) is 8.70. The lowest BCUT2D eigenvalue weighted by atomic mass is 9.93. The lowest BCUT2D eigenvalue weighted by Crippen LogP contribution is -2.37. The van der Waals surface area contributed by atoms with Crippen LogP contribution in [0.1, 0.15) is 29.9 Å². The number of nitrogens with one attached hydrogen (secondary N) is 1. The van der Waals surface area contributed by atoms with Crippen molar-refractivity contribution in [1.82, 2.24) is 24.4 Å². The van der Waals surface area contributed by atoms with E-state index in [4.69, 9.17) is 36.4 Å². The summed E-state index contributed by atoms with van der Waals surface area (Å²) in [7, 11) is 0. The van der Waals surface area contributed by atoms with E-state index in [-0.39, 0.29) is 5.82 Å². The van der Waals surface area contributed by atoms with Crippen molar-refractivity contribution in [2.24, 2.45) is 5.92 Å². The number of carbonyl (C=O) groups is 2. The molecule has 2 aromatic carbocycles. The summed E-state index contributed by atoms with van der Waals surface area (Å²) in [6.07, 6.45) is 3.25. The number of anilines is 1. The Balaban J connectivity index is 0.000000585. The number of hydrogen-bond acceptors (Lipinski definition) is 7. The summed E-state index contributed by atoms with van der Waals surface area (Å²) in [6.45, 7) is 6.49. The van der Waals surface area contributed by atoms with E-state index >= 15 is 0 Å². The monoisotopic (exact) mass is 582 g/mol. The molecule has 0 bridgehead atoms. The van der Waals surface area contributed by atoms with E-state index in [0.717, 1.165) is 73.6 Å². The Morgan fingerprint density at radius 2 is 1.71 bits per heavy atom. The summed E-state index contributed by atoms with van der Waals surface area (Å²) in [5, 5.41) is 18.5. The minimum absolute atomic E-state index is 0.207. The van der Waals surface area contributed by atoms with E-state index in [1.165, 1.54) is 12.1 Å². The summed E-state index contributed by atoms with van der Waals surface area (Å²) in [5.41, 5.74) is 4.09.